The van der Waals surface area contributed by atoms with Crippen molar-refractivity contribution in [1.82, 2.24) is 9.88 Å². The van der Waals surface area contributed by atoms with E-state index in [0.717, 1.165) is 11.1 Å². The highest BCUT2D eigenvalue weighted by Crippen LogP contribution is 2.42. The summed E-state index contributed by atoms with van der Waals surface area (Å²) in [5.74, 6) is -0.284. The van der Waals surface area contributed by atoms with Crippen LogP contribution in [0.25, 0.3) is 5.76 Å². The highest BCUT2D eigenvalue weighted by Gasteiger charge is 2.46. The molecule has 1 saturated heterocycles. The minimum atomic E-state index is -0.756. The van der Waals surface area contributed by atoms with Crippen molar-refractivity contribution >= 4 is 17.4 Å². The van der Waals surface area contributed by atoms with Crippen molar-refractivity contribution in [3.63, 3.8) is 0 Å². The molecule has 1 fully saturated rings. The van der Waals surface area contributed by atoms with Gasteiger partial charge in [-0.2, -0.15) is 0 Å². The summed E-state index contributed by atoms with van der Waals surface area (Å²) in [7, 11) is 0. The van der Waals surface area contributed by atoms with Crippen LogP contribution >= 0.6 is 0 Å². The number of benzene rings is 2. The van der Waals surface area contributed by atoms with Crippen LogP contribution in [0.5, 0.6) is 11.5 Å². The van der Waals surface area contributed by atoms with Crippen molar-refractivity contribution in [2.24, 2.45) is 0 Å². The average molecular weight is 456 g/mol. The summed E-state index contributed by atoms with van der Waals surface area (Å²) in [5, 5.41) is 11.3. The molecule has 0 radical (unpaired) electrons. The predicted molar refractivity (Wildman–Crippen MR) is 125 cm³/mol. The number of carbonyl (C=O) groups excluding carboxylic acids is 2. The normalized spacial score (nSPS) is 18.7. The molecule has 34 heavy (non-hydrogen) atoms. The number of aliphatic hydroxyl groups is 1. The Hall–Kier alpha value is -4.13. The number of hydrogen-bond acceptors (Lipinski definition) is 6. The van der Waals surface area contributed by atoms with Crippen LogP contribution in [-0.4, -0.2) is 33.5 Å². The Balaban J connectivity index is 1.63. The molecule has 0 bridgehead atoms. The zero-order chi connectivity index (χ0) is 23.8. The van der Waals surface area contributed by atoms with E-state index in [9.17, 15) is 14.7 Å². The zero-order valence-corrected chi connectivity index (χ0v) is 18.9. The van der Waals surface area contributed by atoms with E-state index in [1.54, 1.807) is 36.5 Å². The first kappa shape index (κ1) is 21.7. The summed E-state index contributed by atoms with van der Waals surface area (Å²) < 4.78 is 10.8. The van der Waals surface area contributed by atoms with Gasteiger partial charge in [0.05, 0.1) is 23.9 Å². The molecule has 0 spiro atoms. The topological polar surface area (TPSA) is 89.0 Å². The molecule has 7 heteroatoms. The smallest absolute Gasteiger partial charge is 0.296 e. The predicted octanol–water partition coefficient (Wildman–Crippen LogP) is 4.56. The minimum absolute atomic E-state index is 0.0390. The second kappa shape index (κ2) is 8.67. The molecular formula is C27H24N2O5. The number of nitrogens with zero attached hydrogens (tertiary/aromatic N) is 2. The maximum Gasteiger partial charge on any atom is 0.296 e. The molecule has 1 N–H and O–H groups in total. The quantitative estimate of drug-likeness (QED) is 0.344. The van der Waals surface area contributed by atoms with Crippen molar-refractivity contribution in [2.75, 3.05) is 6.79 Å². The van der Waals surface area contributed by atoms with Gasteiger partial charge < -0.3 is 19.5 Å². The SMILES string of the molecule is CC(C)c1ccc(C2/C(=C(/O)c3ccc4c(c3)OCO4)C(=O)C(=O)N2Cc2ccccn2)cc1. The average Bonchev–Trinajstić information content (AvgIpc) is 3.42. The Bertz CT molecular complexity index is 1280. The van der Waals surface area contributed by atoms with Crippen LogP contribution in [-0.2, 0) is 16.1 Å². The molecular weight excluding hydrogens is 432 g/mol. The number of carbonyl (C=O) groups is 2. The molecule has 172 valence electrons. The third-order valence-electron chi connectivity index (χ3n) is 6.16. The zero-order valence-electron chi connectivity index (χ0n) is 18.9. The van der Waals surface area contributed by atoms with E-state index in [0.29, 0.717) is 28.7 Å². The highest BCUT2D eigenvalue weighted by atomic mass is 16.7. The Kier molecular flexibility index (Phi) is 5.53. The van der Waals surface area contributed by atoms with E-state index in [1.165, 1.54) is 4.90 Å². The van der Waals surface area contributed by atoms with Crippen molar-refractivity contribution in [3.05, 3.63) is 94.8 Å². The number of likely N-dealkylation sites (tertiary alicyclic amines) is 1. The Morgan fingerprint density at radius 3 is 2.53 bits per heavy atom. The van der Waals surface area contributed by atoms with Gasteiger partial charge in [-0.15, -0.1) is 0 Å². The van der Waals surface area contributed by atoms with Crippen molar-refractivity contribution in [1.29, 1.82) is 0 Å². The third-order valence-corrected chi connectivity index (χ3v) is 6.16. The van der Waals surface area contributed by atoms with Gasteiger partial charge in [0.1, 0.15) is 5.76 Å². The number of ether oxygens (including phenoxy) is 2. The molecule has 1 aromatic heterocycles. The van der Waals surface area contributed by atoms with Crippen LogP contribution in [0, 0.1) is 0 Å². The largest absolute Gasteiger partial charge is 0.507 e. The molecule has 2 aromatic carbocycles. The van der Waals surface area contributed by atoms with Gasteiger partial charge in [-0.1, -0.05) is 44.2 Å². The Morgan fingerprint density at radius 1 is 1.06 bits per heavy atom. The Morgan fingerprint density at radius 2 is 1.82 bits per heavy atom. The lowest BCUT2D eigenvalue weighted by atomic mass is 9.93. The maximum atomic E-state index is 13.2. The summed E-state index contributed by atoms with van der Waals surface area (Å²) in [6.07, 6.45) is 1.64. The van der Waals surface area contributed by atoms with Crippen LogP contribution in [0.1, 0.15) is 48.2 Å². The van der Waals surface area contributed by atoms with Gasteiger partial charge in [0.25, 0.3) is 11.7 Å². The van der Waals surface area contributed by atoms with Crippen LogP contribution < -0.4 is 9.47 Å². The summed E-state index contributed by atoms with van der Waals surface area (Å²) in [4.78, 5) is 32.2. The lowest BCUT2D eigenvalue weighted by molar-refractivity contribution is -0.140. The van der Waals surface area contributed by atoms with E-state index < -0.39 is 17.7 Å². The third kappa shape index (κ3) is 3.79. The van der Waals surface area contributed by atoms with Gasteiger partial charge in [-0.05, 0) is 47.4 Å². The molecule has 3 heterocycles. The fourth-order valence-corrected chi connectivity index (χ4v) is 4.32. The van der Waals surface area contributed by atoms with E-state index in [2.05, 4.69) is 18.8 Å². The van der Waals surface area contributed by atoms with E-state index in [-0.39, 0.29) is 24.7 Å². The molecule has 0 aliphatic carbocycles. The second-order valence-corrected chi connectivity index (χ2v) is 8.64. The summed E-state index contributed by atoms with van der Waals surface area (Å²) in [6, 6.07) is 17.4. The van der Waals surface area contributed by atoms with Gasteiger partial charge in [0.15, 0.2) is 11.5 Å². The number of Topliss-reactive ketones (excluding diaryl/α,β-unsaturated/α-hetero) is 1. The number of aliphatic hydroxyl groups excluding tert-OH is 1. The van der Waals surface area contributed by atoms with Gasteiger partial charge in [-0.25, -0.2) is 0 Å². The van der Waals surface area contributed by atoms with E-state index in [4.69, 9.17) is 9.47 Å². The molecule has 7 nitrogen and oxygen atoms in total. The van der Waals surface area contributed by atoms with Crippen molar-refractivity contribution < 1.29 is 24.2 Å². The lowest BCUT2D eigenvalue weighted by Crippen LogP contribution is -2.29. The maximum absolute atomic E-state index is 13.2. The second-order valence-electron chi connectivity index (χ2n) is 8.64. The van der Waals surface area contributed by atoms with Gasteiger partial charge >= 0.3 is 0 Å². The number of fused-ring (bicyclic) bond motifs is 1. The first-order chi connectivity index (χ1) is 16.4. The standard InChI is InChI=1S/C27H24N2O5/c1-16(2)17-6-8-18(9-7-17)24-23(25(30)19-10-11-21-22(13-19)34-15-33-21)26(31)27(32)29(24)14-20-5-3-4-12-28-20/h3-13,16,24,30H,14-15H2,1-2H3/b25-23-. The molecule has 1 unspecified atom stereocenters. The fourth-order valence-electron chi connectivity index (χ4n) is 4.32. The Labute approximate surface area is 197 Å². The van der Waals surface area contributed by atoms with Crippen LogP contribution in [0.4, 0.5) is 0 Å². The highest BCUT2D eigenvalue weighted by molar-refractivity contribution is 6.46. The molecule has 1 atom stereocenters. The first-order valence-corrected chi connectivity index (χ1v) is 11.1. The number of aromatic nitrogens is 1. The van der Waals surface area contributed by atoms with Crippen molar-refractivity contribution in [2.45, 2.75) is 32.4 Å². The van der Waals surface area contributed by atoms with Crippen LogP contribution in [0.2, 0.25) is 0 Å². The molecule has 1 amide bonds. The lowest BCUT2D eigenvalue weighted by Gasteiger charge is -2.25. The van der Waals surface area contributed by atoms with Gasteiger partial charge in [0.2, 0.25) is 6.79 Å². The fraction of sp³-hybridized carbons (Fsp3) is 0.222. The molecule has 5 rings (SSSR count). The first-order valence-electron chi connectivity index (χ1n) is 11.1. The van der Waals surface area contributed by atoms with Gasteiger partial charge in [0, 0.05) is 11.8 Å². The van der Waals surface area contributed by atoms with Crippen molar-refractivity contribution in [3.8, 4) is 11.5 Å². The molecule has 2 aliphatic heterocycles. The number of pyridine rings is 1. The minimum Gasteiger partial charge on any atom is -0.507 e. The number of amides is 1. The van der Waals surface area contributed by atoms with Crippen LogP contribution in [0.15, 0.2) is 72.4 Å². The van der Waals surface area contributed by atoms with Gasteiger partial charge in [-0.3, -0.25) is 14.6 Å². The summed E-state index contributed by atoms with van der Waals surface area (Å²) in [6.45, 7) is 4.43. The number of hydrogen-bond donors (Lipinski definition) is 1. The van der Waals surface area contributed by atoms with Crippen LogP contribution in [0.3, 0.4) is 0 Å². The van der Waals surface area contributed by atoms with E-state index >= 15 is 0 Å². The number of ketones is 1. The number of rotatable bonds is 5. The summed E-state index contributed by atoms with van der Waals surface area (Å²) >= 11 is 0. The molecule has 2 aliphatic rings. The van der Waals surface area contributed by atoms with E-state index in [1.807, 2.05) is 30.3 Å². The molecule has 0 saturated carbocycles. The summed E-state index contributed by atoms with van der Waals surface area (Å²) in [5.41, 5.74) is 2.94. The monoisotopic (exact) mass is 456 g/mol. The molecule has 3 aromatic rings.